The normalized spacial score (nSPS) is 14.8. The molecule has 0 saturated carbocycles. The van der Waals surface area contributed by atoms with Crippen LogP contribution in [0.25, 0.3) is 11.0 Å². The van der Waals surface area contributed by atoms with Crippen molar-refractivity contribution >= 4 is 28.3 Å². The predicted octanol–water partition coefficient (Wildman–Crippen LogP) is 4.46. The summed E-state index contributed by atoms with van der Waals surface area (Å²) in [6.45, 7) is 6.63. The fraction of sp³-hybridized carbons (Fsp3) is 0.250. The predicted molar refractivity (Wildman–Crippen MR) is 120 cm³/mol. The van der Waals surface area contributed by atoms with Crippen LogP contribution < -0.4 is 0 Å². The number of aromatic nitrogens is 2. The number of fused-ring (bicyclic) bond motifs is 1. The summed E-state index contributed by atoms with van der Waals surface area (Å²) < 4.78 is 4.90. The molecule has 0 fully saturated rings. The van der Waals surface area contributed by atoms with E-state index >= 15 is 0 Å². The monoisotopic (exact) mass is 446 g/mol. The van der Waals surface area contributed by atoms with E-state index in [1.165, 1.54) is 19.9 Å². The average molecular weight is 446 g/mol. The molecule has 2 heterocycles. The third kappa shape index (κ3) is 3.71. The molecule has 0 unspecified atom stereocenters. The van der Waals surface area contributed by atoms with E-state index in [2.05, 4.69) is 10.3 Å². The Morgan fingerprint density at radius 2 is 1.64 bits per heavy atom. The Hall–Kier alpha value is -4.14. The summed E-state index contributed by atoms with van der Waals surface area (Å²) in [4.78, 5) is 38.8. The van der Waals surface area contributed by atoms with E-state index in [0.717, 1.165) is 0 Å². The number of Topliss-reactive ketones (excluding diaryl/α,β-unsaturated/α-hetero) is 2. The van der Waals surface area contributed by atoms with Gasteiger partial charge < -0.3 is 4.90 Å². The maximum absolute atomic E-state index is 12.9. The van der Waals surface area contributed by atoms with E-state index in [1.54, 1.807) is 55.1 Å². The molecule has 9 nitrogen and oxygen atoms in total. The molecular weight excluding hydrogens is 424 g/mol. The van der Waals surface area contributed by atoms with Gasteiger partial charge in [-0.05, 0) is 49.6 Å². The van der Waals surface area contributed by atoms with Gasteiger partial charge in [-0.25, -0.2) is 4.63 Å². The number of nitro benzene ring substituents is 1. The minimum absolute atomic E-state index is 0.0209. The summed E-state index contributed by atoms with van der Waals surface area (Å²) in [6.07, 6.45) is 0. The van der Waals surface area contributed by atoms with Crippen molar-refractivity contribution in [3.05, 3.63) is 86.2 Å². The minimum Gasteiger partial charge on any atom is -0.344 e. The number of carbonyl (C=O) groups is 2. The second kappa shape index (κ2) is 8.42. The second-order valence-electron chi connectivity index (χ2n) is 7.99. The van der Waals surface area contributed by atoms with Gasteiger partial charge in [0.1, 0.15) is 11.0 Å². The first-order valence-corrected chi connectivity index (χ1v) is 10.4. The van der Waals surface area contributed by atoms with Gasteiger partial charge in [-0.3, -0.25) is 19.7 Å². The van der Waals surface area contributed by atoms with Crippen molar-refractivity contribution in [2.75, 3.05) is 0 Å². The number of rotatable bonds is 6. The summed E-state index contributed by atoms with van der Waals surface area (Å²) in [6, 6.07) is 11.8. The second-order valence-corrected chi connectivity index (χ2v) is 7.99. The van der Waals surface area contributed by atoms with E-state index in [0.29, 0.717) is 44.7 Å². The van der Waals surface area contributed by atoms with E-state index in [1.807, 2.05) is 0 Å². The summed E-state index contributed by atoms with van der Waals surface area (Å²) in [7, 11) is 0. The molecule has 0 N–H and O–H groups in total. The van der Waals surface area contributed by atoms with Crippen LogP contribution in [0.2, 0.25) is 0 Å². The molecule has 33 heavy (non-hydrogen) atoms. The molecule has 0 bridgehead atoms. The van der Waals surface area contributed by atoms with Gasteiger partial charge in [-0.1, -0.05) is 30.3 Å². The fourth-order valence-corrected chi connectivity index (χ4v) is 4.62. The number of para-hydroxylation sites is 1. The molecule has 1 aliphatic heterocycles. The summed E-state index contributed by atoms with van der Waals surface area (Å²) in [5.74, 6) is -1.06. The van der Waals surface area contributed by atoms with Crippen molar-refractivity contribution in [2.24, 2.45) is 0 Å². The average Bonchev–Trinajstić information content (AvgIpc) is 3.25. The Morgan fingerprint density at radius 3 is 2.24 bits per heavy atom. The van der Waals surface area contributed by atoms with Gasteiger partial charge in [-0.15, -0.1) is 0 Å². The first kappa shape index (κ1) is 22.1. The molecule has 0 aliphatic carbocycles. The number of nitrogens with zero attached hydrogens (tertiary/aromatic N) is 4. The van der Waals surface area contributed by atoms with Crippen LogP contribution in [0.4, 0.5) is 5.69 Å². The maximum atomic E-state index is 12.9. The third-order valence-electron chi connectivity index (χ3n) is 6.07. The van der Waals surface area contributed by atoms with Crippen LogP contribution in [0.1, 0.15) is 44.7 Å². The van der Waals surface area contributed by atoms with Gasteiger partial charge >= 0.3 is 0 Å². The van der Waals surface area contributed by atoms with Crippen molar-refractivity contribution in [3.8, 4) is 0 Å². The number of hydrogen-bond donors (Lipinski definition) is 0. The van der Waals surface area contributed by atoms with Gasteiger partial charge in [0.25, 0.3) is 5.69 Å². The first-order valence-electron chi connectivity index (χ1n) is 10.4. The Morgan fingerprint density at radius 1 is 1.00 bits per heavy atom. The molecule has 1 aliphatic rings. The number of hydrogen-bond acceptors (Lipinski definition) is 8. The molecule has 0 radical (unpaired) electrons. The fourth-order valence-electron chi connectivity index (χ4n) is 4.62. The Labute approximate surface area is 189 Å². The van der Waals surface area contributed by atoms with Gasteiger partial charge in [-0.2, -0.15) is 0 Å². The van der Waals surface area contributed by atoms with E-state index in [9.17, 15) is 19.7 Å². The van der Waals surface area contributed by atoms with Crippen molar-refractivity contribution in [1.29, 1.82) is 0 Å². The molecule has 3 aromatic rings. The van der Waals surface area contributed by atoms with Gasteiger partial charge in [0.2, 0.25) is 0 Å². The van der Waals surface area contributed by atoms with Crippen LogP contribution in [0, 0.1) is 10.1 Å². The molecule has 1 aromatic heterocycles. The zero-order chi connectivity index (χ0) is 23.9. The molecule has 0 atom stereocenters. The topological polar surface area (TPSA) is 119 Å². The zero-order valence-corrected chi connectivity index (χ0v) is 18.7. The van der Waals surface area contributed by atoms with Crippen molar-refractivity contribution in [2.45, 2.75) is 40.2 Å². The van der Waals surface area contributed by atoms with Gasteiger partial charge in [0, 0.05) is 40.1 Å². The lowest BCUT2D eigenvalue weighted by Crippen LogP contribution is -2.33. The number of ketones is 2. The van der Waals surface area contributed by atoms with Crippen LogP contribution in [0.3, 0.4) is 0 Å². The highest BCUT2D eigenvalue weighted by atomic mass is 16.6. The van der Waals surface area contributed by atoms with Crippen LogP contribution in [-0.4, -0.2) is 31.7 Å². The summed E-state index contributed by atoms with van der Waals surface area (Å²) in [5, 5.41) is 19.4. The van der Waals surface area contributed by atoms with Gasteiger partial charge in [0.15, 0.2) is 11.6 Å². The zero-order valence-electron chi connectivity index (χ0n) is 18.7. The molecule has 168 valence electrons. The van der Waals surface area contributed by atoms with Crippen LogP contribution in [0.15, 0.2) is 69.6 Å². The van der Waals surface area contributed by atoms with Gasteiger partial charge in [0.05, 0.1) is 11.5 Å². The van der Waals surface area contributed by atoms with E-state index < -0.39 is 10.8 Å². The third-order valence-corrected chi connectivity index (χ3v) is 6.07. The number of carbonyl (C=O) groups excluding carboxylic acids is 2. The number of nitro groups is 1. The highest BCUT2D eigenvalue weighted by molar-refractivity contribution is 6.04. The molecule has 0 amide bonds. The van der Waals surface area contributed by atoms with Crippen LogP contribution in [-0.2, 0) is 16.1 Å². The standard InChI is InChI=1S/C24H22N4O5/c1-13-21(15(3)29)23(18-9-7-10-19-24(18)26-33-25-19)22(16(4)30)14(2)27(13)12-17-8-5-6-11-20(17)28(31)32/h5-11,23H,12H2,1-4H3. The van der Waals surface area contributed by atoms with Crippen molar-refractivity contribution in [1.82, 2.24) is 15.2 Å². The van der Waals surface area contributed by atoms with Crippen LogP contribution in [0.5, 0.6) is 0 Å². The maximum Gasteiger partial charge on any atom is 0.274 e. The first-order chi connectivity index (χ1) is 15.7. The molecule has 9 heteroatoms. The van der Waals surface area contributed by atoms with Crippen molar-refractivity contribution in [3.63, 3.8) is 0 Å². The van der Waals surface area contributed by atoms with E-state index in [4.69, 9.17) is 4.63 Å². The van der Waals surface area contributed by atoms with Crippen molar-refractivity contribution < 1.29 is 19.1 Å². The number of allylic oxidation sites excluding steroid dienone is 4. The summed E-state index contributed by atoms with van der Waals surface area (Å²) in [5.41, 5.74) is 4.22. The quantitative estimate of drug-likeness (QED) is 0.402. The lowest BCUT2D eigenvalue weighted by Gasteiger charge is -2.38. The Kier molecular flexibility index (Phi) is 5.63. The molecule has 4 rings (SSSR count). The van der Waals surface area contributed by atoms with Crippen LogP contribution >= 0.6 is 0 Å². The molecule has 0 spiro atoms. The minimum atomic E-state index is -0.655. The lowest BCUT2D eigenvalue weighted by molar-refractivity contribution is -0.385. The Bertz CT molecular complexity index is 1330. The largest absolute Gasteiger partial charge is 0.344 e. The molecular formula is C24H22N4O5. The highest BCUT2D eigenvalue weighted by Crippen LogP contribution is 2.44. The highest BCUT2D eigenvalue weighted by Gasteiger charge is 2.38. The Balaban J connectivity index is 1.94. The lowest BCUT2D eigenvalue weighted by atomic mass is 9.76. The SMILES string of the molecule is CC(=O)C1=C(C)N(Cc2ccccc2[N+](=O)[O-])C(C)=C(C(C)=O)C1c1cccc2nonc12. The van der Waals surface area contributed by atoms with E-state index in [-0.39, 0.29) is 23.8 Å². The molecule has 2 aromatic carbocycles. The molecule has 0 saturated heterocycles. The smallest absolute Gasteiger partial charge is 0.274 e. The summed E-state index contributed by atoms with van der Waals surface area (Å²) >= 11 is 0. The number of benzene rings is 2.